The van der Waals surface area contributed by atoms with Gasteiger partial charge in [0.25, 0.3) is 6.43 Å². The van der Waals surface area contributed by atoms with Crippen LogP contribution in [0.3, 0.4) is 0 Å². The lowest BCUT2D eigenvalue weighted by atomic mass is 10.1. The Morgan fingerprint density at radius 2 is 2.25 bits per heavy atom. The van der Waals surface area contributed by atoms with Crippen LogP contribution in [0.15, 0.2) is 6.07 Å². The third-order valence-electron chi connectivity index (χ3n) is 2.00. The Kier molecular flexibility index (Phi) is 3.76. The topological polar surface area (TPSA) is 59.4 Å². The van der Waals surface area contributed by atoms with E-state index in [4.69, 9.17) is 0 Å². The molecule has 0 bridgehead atoms. The number of halogens is 2. The molecule has 0 aromatic carbocycles. The minimum Gasteiger partial charge on any atom is -0.506 e. The van der Waals surface area contributed by atoms with Gasteiger partial charge >= 0.3 is 5.97 Å². The standard InChI is InChI=1S/C10H11F2NO3/c1-5-3-6(4-7(14)16-2)9(15)8(13-5)10(11)12/h3,10,15H,4H2,1-2H3. The zero-order valence-electron chi connectivity index (χ0n) is 8.83. The molecule has 1 N–H and O–H groups in total. The molecule has 0 spiro atoms. The van der Waals surface area contributed by atoms with Gasteiger partial charge in [-0.3, -0.25) is 4.79 Å². The van der Waals surface area contributed by atoms with Crippen molar-refractivity contribution < 1.29 is 23.4 Å². The minimum absolute atomic E-state index is 0.0923. The number of hydrogen-bond acceptors (Lipinski definition) is 4. The Balaban J connectivity index is 3.14. The molecule has 0 radical (unpaired) electrons. The fraction of sp³-hybridized carbons (Fsp3) is 0.400. The molecule has 88 valence electrons. The zero-order valence-corrected chi connectivity index (χ0v) is 8.83. The highest BCUT2D eigenvalue weighted by Gasteiger charge is 2.20. The Morgan fingerprint density at radius 3 is 2.75 bits per heavy atom. The van der Waals surface area contributed by atoms with Crippen LogP contribution in [-0.2, 0) is 16.0 Å². The van der Waals surface area contributed by atoms with Crippen molar-refractivity contribution in [1.29, 1.82) is 0 Å². The number of pyridine rings is 1. The Morgan fingerprint density at radius 1 is 1.62 bits per heavy atom. The van der Waals surface area contributed by atoms with Gasteiger partial charge in [0.15, 0.2) is 0 Å². The van der Waals surface area contributed by atoms with Crippen LogP contribution in [0, 0.1) is 6.92 Å². The van der Waals surface area contributed by atoms with E-state index in [2.05, 4.69) is 9.72 Å². The number of esters is 1. The zero-order chi connectivity index (χ0) is 12.3. The highest BCUT2D eigenvalue weighted by molar-refractivity contribution is 5.73. The lowest BCUT2D eigenvalue weighted by Crippen LogP contribution is -2.07. The van der Waals surface area contributed by atoms with Crippen LogP contribution in [0.4, 0.5) is 8.78 Å². The lowest BCUT2D eigenvalue weighted by Gasteiger charge is -2.09. The number of carbonyl (C=O) groups excluding carboxylic acids is 1. The molecule has 6 heteroatoms. The lowest BCUT2D eigenvalue weighted by molar-refractivity contribution is -0.139. The summed E-state index contributed by atoms with van der Waals surface area (Å²) in [7, 11) is 1.18. The van der Waals surface area contributed by atoms with Crippen LogP contribution in [-0.4, -0.2) is 23.2 Å². The fourth-order valence-corrected chi connectivity index (χ4v) is 1.27. The van der Waals surface area contributed by atoms with Crippen LogP contribution in [0.2, 0.25) is 0 Å². The van der Waals surface area contributed by atoms with Crippen molar-refractivity contribution in [3.8, 4) is 5.75 Å². The number of ether oxygens (including phenoxy) is 1. The molecule has 16 heavy (non-hydrogen) atoms. The van der Waals surface area contributed by atoms with Gasteiger partial charge in [0, 0.05) is 11.3 Å². The number of hydrogen-bond donors (Lipinski definition) is 1. The molecular formula is C10H11F2NO3. The summed E-state index contributed by atoms with van der Waals surface area (Å²) >= 11 is 0. The van der Waals surface area contributed by atoms with Crippen molar-refractivity contribution in [2.75, 3.05) is 7.11 Å². The molecule has 0 fully saturated rings. The van der Waals surface area contributed by atoms with E-state index in [-0.39, 0.29) is 12.0 Å². The van der Waals surface area contributed by atoms with Crippen molar-refractivity contribution in [3.63, 3.8) is 0 Å². The normalized spacial score (nSPS) is 10.6. The van der Waals surface area contributed by atoms with Crippen LogP contribution >= 0.6 is 0 Å². The second-order valence-electron chi connectivity index (χ2n) is 3.21. The summed E-state index contributed by atoms with van der Waals surface area (Å²) < 4.78 is 29.3. The summed E-state index contributed by atoms with van der Waals surface area (Å²) in [5, 5.41) is 9.48. The van der Waals surface area contributed by atoms with Crippen molar-refractivity contribution in [2.45, 2.75) is 19.8 Å². The van der Waals surface area contributed by atoms with E-state index in [1.807, 2.05) is 0 Å². The van der Waals surface area contributed by atoms with Crippen molar-refractivity contribution in [3.05, 3.63) is 23.0 Å². The first-order chi connectivity index (χ1) is 7.45. The SMILES string of the molecule is COC(=O)Cc1cc(C)nc(C(F)F)c1O. The van der Waals surface area contributed by atoms with E-state index in [9.17, 15) is 18.7 Å². The van der Waals surface area contributed by atoms with Gasteiger partial charge in [0.05, 0.1) is 13.5 Å². The number of methoxy groups -OCH3 is 1. The van der Waals surface area contributed by atoms with Gasteiger partial charge < -0.3 is 9.84 Å². The van der Waals surface area contributed by atoms with Gasteiger partial charge in [0.2, 0.25) is 0 Å². The maximum atomic E-state index is 12.5. The second kappa shape index (κ2) is 4.87. The summed E-state index contributed by atoms with van der Waals surface area (Å²) in [5.41, 5.74) is -0.305. The quantitative estimate of drug-likeness (QED) is 0.805. The smallest absolute Gasteiger partial charge is 0.310 e. The molecule has 0 aliphatic rings. The number of alkyl halides is 2. The van der Waals surface area contributed by atoms with Crippen LogP contribution in [0.1, 0.15) is 23.4 Å². The van der Waals surface area contributed by atoms with E-state index in [1.165, 1.54) is 20.1 Å². The largest absolute Gasteiger partial charge is 0.506 e. The Labute approximate surface area is 90.9 Å². The van der Waals surface area contributed by atoms with E-state index in [1.54, 1.807) is 0 Å². The third-order valence-corrected chi connectivity index (χ3v) is 2.00. The number of carbonyl (C=O) groups is 1. The average Bonchev–Trinajstić information content (AvgIpc) is 2.22. The number of nitrogens with zero attached hydrogens (tertiary/aromatic N) is 1. The Bertz CT molecular complexity index is 407. The predicted octanol–water partition coefficient (Wildman–Crippen LogP) is 1.75. The third kappa shape index (κ3) is 2.65. The van der Waals surface area contributed by atoms with E-state index < -0.39 is 23.8 Å². The molecule has 0 saturated heterocycles. The summed E-state index contributed by atoms with van der Waals surface area (Å²) in [4.78, 5) is 14.5. The van der Waals surface area contributed by atoms with Crippen molar-refractivity contribution >= 4 is 5.97 Å². The van der Waals surface area contributed by atoms with Crippen molar-refractivity contribution in [2.24, 2.45) is 0 Å². The summed E-state index contributed by atoms with van der Waals surface area (Å²) in [6.45, 7) is 1.51. The molecule has 0 atom stereocenters. The fourth-order valence-electron chi connectivity index (χ4n) is 1.27. The Hall–Kier alpha value is -1.72. The van der Waals surface area contributed by atoms with E-state index in [0.29, 0.717) is 5.69 Å². The van der Waals surface area contributed by atoms with Gasteiger partial charge in [0.1, 0.15) is 11.4 Å². The molecule has 0 aliphatic heterocycles. The van der Waals surface area contributed by atoms with Gasteiger partial charge in [-0.25, -0.2) is 13.8 Å². The number of rotatable bonds is 3. The van der Waals surface area contributed by atoms with Crippen LogP contribution < -0.4 is 0 Å². The highest BCUT2D eigenvalue weighted by Crippen LogP contribution is 2.30. The maximum absolute atomic E-state index is 12.5. The monoisotopic (exact) mass is 231 g/mol. The molecule has 1 aromatic heterocycles. The van der Waals surface area contributed by atoms with Gasteiger partial charge in [-0.1, -0.05) is 0 Å². The average molecular weight is 231 g/mol. The number of aryl methyl sites for hydroxylation is 1. The first kappa shape index (κ1) is 12.4. The highest BCUT2D eigenvalue weighted by atomic mass is 19.3. The van der Waals surface area contributed by atoms with Crippen molar-refractivity contribution in [1.82, 2.24) is 4.98 Å². The van der Waals surface area contributed by atoms with Gasteiger partial charge in [-0.15, -0.1) is 0 Å². The van der Waals surface area contributed by atoms with E-state index in [0.717, 1.165) is 0 Å². The van der Waals surface area contributed by atoms with Crippen LogP contribution in [0.5, 0.6) is 5.75 Å². The minimum atomic E-state index is -2.88. The van der Waals surface area contributed by atoms with Crippen LogP contribution in [0.25, 0.3) is 0 Å². The number of aromatic hydroxyl groups is 1. The first-order valence-electron chi connectivity index (χ1n) is 4.50. The molecule has 1 heterocycles. The van der Waals surface area contributed by atoms with E-state index >= 15 is 0 Å². The molecule has 1 rings (SSSR count). The number of aromatic nitrogens is 1. The first-order valence-corrected chi connectivity index (χ1v) is 4.50. The molecule has 0 aliphatic carbocycles. The molecule has 0 saturated carbocycles. The second-order valence-corrected chi connectivity index (χ2v) is 3.21. The molecule has 1 aromatic rings. The maximum Gasteiger partial charge on any atom is 0.310 e. The molecule has 0 amide bonds. The van der Waals surface area contributed by atoms with Gasteiger partial charge in [-0.2, -0.15) is 0 Å². The summed E-state index contributed by atoms with van der Waals surface area (Å²) in [6.07, 6.45) is -3.14. The molecule has 4 nitrogen and oxygen atoms in total. The van der Waals surface area contributed by atoms with Gasteiger partial charge in [-0.05, 0) is 13.0 Å². The predicted molar refractivity (Wildman–Crippen MR) is 51.3 cm³/mol. The summed E-state index contributed by atoms with van der Waals surface area (Å²) in [5.74, 6) is -1.26. The molecular weight excluding hydrogens is 220 g/mol. The molecule has 0 unspecified atom stereocenters. The summed E-state index contributed by atoms with van der Waals surface area (Å²) in [6, 6.07) is 1.37.